The van der Waals surface area contributed by atoms with Crippen LogP contribution in [0.2, 0.25) is 0 Å². The van der Waals surface area contributed by atoms with Crippen LogP contribution in [0.25, 0.3) is 0 Å². The van der Waals surface area contributed by atoms with Gasteiger partial charge in [-0.15, -0.1) is 11.8 Å². The van der Waals surface area contributed by atoms with Gasteiger partial charge in [0.05, 0.1) is 5.56 Å². The topological polar surface area (TPSA) is 81.1 Å². The third-order valence-corrected chi connectivity index (χ3v) is 3.40. The van der Waals surface area contributed by atoms with Crippen LogP contribution in [-0.2, 0) is 0 Å². The van der Waals surface area contributed by atoms with E-state index in [9.17, 15) is 4.79 Å². The van der Waals surface area contributed by atoms with Crippen molar-refractivity contribution in [1.82, 2.24) is 0 Å². The lowest BCUT2D eigenvalue weighted by atomic mass is 10.1. The van der Waals surface area contributed by atoms with Crippen LogP contribution < -0.4 is 16.8 Å². The van der Waals surface area contributed by atoms with Gasteiger partial charge < -0.3 is 16.8 Å². The molecule has 2 rings (SSSR count). The lowest BCUT2D eigenvalue weighted by Gasteiger charge is -2.10. The summed E-state index contributed by atoms with van der Waals surface area (Å²) in [6.07, 6.45) is 2.02. The molecule has 0 saturated carbocycles. The molecule has 0 saturated heterocycles. The number of primary amides is 1. The number of nitrogens with two attached hydrogens (primary N) is 2. The smallest absolute Gasteiger partial charge is 0.250 e. The molecule has 0 unspecified atom stereocenters. The Kier molecular flexibility index (Phi) is 3.97. The summed E-state index contributed by atoms with van der Waals surface area (Å²) in [5, 5.41) is 3.22. The Balaban J connectivity index is 2.28. The molecule has 0 aromatic heterocycles. The molecule has 0 aliphatic carbocycles. The Morgan fingerprint density at radius 1 is 1.16 bits per heavy atom. The Morgan fingerprint density at radius 2 is 1.89 bits per heavy atom. The maximum absolute atomic E-state index is 11.2. The second kappa shape index (κ2) is 5.67. The Hall–Kier alpha value is -2.14. The quantitative estimate of drug-likeness (QED) is 0.591. The fourth-order valence-electron chi connectivity index (χ4n) is 1.71. The molecule has 0 atom stereocenters. The van der Waals surface area contributed by atoms with Crippen molar-refractivity contribution >= 4 is 34.7 Å². The molecule has 0 bridgehead atoms. The fourth-order valence-corrected chi connectivity index (χ4v) is 2.17. The van der Waals surface area contributed by atoms with Crippen LogP contribution in [0.4, 0.5) is 17.1 Å². The van der Waals surface area contributed by atoms with Crippen LogP contribution in [0.1, 0.15) is 10.4 Å². The Bertz CT molecular complexity index is 613. The van der Waals surface area contributed by atoms with Crippen molar-refractivity contribution in [3.8, 4) is 0 Å². The van der Waals surface area contributed by atoms with Gasteiger partial charge in [0.1, 0.15) is 0 Å². The number of hydrogen-bond acceptors (Lipinski definition) is 4. The van der Waals surface area contributed by atoms with E-state index in [0.29, 0.717) is 11.3 Å². The van der Waals surface area contributed by atoms with Crippen molar-refractivity contribution in [2.24, 2.45) is 5.73 Å². The van der Waals surface area contributed by atoms with Crippen molar-refractivity contribution in [3.63, 3.8) is 0 Å². The van der Waals surface area contributed by atoms with Crippen LogP contribution in [-0.4, -0.2) is 12.2 Å². The molecule has 5 N–H and O–H groups in total. The number of rotatable bonds is 4. The number of thioether (sulfide) groups is 1. The molecule has 98 valence electrons. The highest BCUT2D eigenvalue weighted by Gasteiger charge is 2.06. The number of nitrogens with one attached hydrogen (secondary N) is 1. The summed E-state index contributed by atoms with van der Waals surface area (Å²) < 4.78 is 0. The number of amides is 1. The van der Waals surface area contributed by atoms with Crippen molar-refractivity contribution in [3.05, 3.63) is 48.0 Å². The van der Waals surface area contributed by atoms with Gasteiger partial charge in [0.25, 0.3) is 5.91 Å². The standard InChI is InChI=1S/C14H15N3OS/c1-19-11-4-2-3-9(7-11)17-10-5-6-13(15)12(8-10)14(16)18/h2-8,17H,15H2,1H3,(H2,16,18). The monoisotopic (exact) mass is 273 g/mol. The summed E-state index contributed by atoms with van der Waals surface area (Å²) in [5.74, 6) is -0.529. The Labute approximate surface area is 116 Å². The molecule has 0 aliphatic rings. The minimum atomic E-state index is -0.529. The van der Waals surface area contributed by atoms with E-state index in [0.717, 1.165) is 16.3 Å². The van der Waals surface area contributed by atoms with E-state index in [1.165, 1.54) is 0 Å². The average Bonchev–Trinajstić information content (AvgIpc) is 2.41. The van der Waals surface area contributed by atoms with E-state index < -0.39 is 5.91 Å². The highest BCUT2D eigenvalue weighted by Crippen LogP contribution is 2.24. The highest BCUT2D eigenvalue weighted by atomic mass is 32.2. The molecule has 19 heavy (non-hydrogen) atoms. The zero-order chi connectivity index (χ0) is 13.8. The summed E-state index contributed by atoms with van der Waals surface area (Å²) in [6, 6.07) is 13.1. The lowest BCUT2D eigenvalue weighted by molar-refractivity contribution is 0.100. The number of carbonyl (C=O) groups excluding carboxylic acids is 1. The normalized spacial score (nSPS) is 10.2. The van der Waals surface area contributed by atoms with Crippen LogP contribution in [0.15, 0.2) is 47.4 Å². The zero-order valence-corrected chi connectivity index (χ0v) is 11.3. The minimum absolute atomic E-state index is 0.325. The predicted octanol–water partition coefficient (Wildman–Crippen LogP) is 2.83. The number of benzene rings is 2. The highest BCUT2D eigenvalue weighted by molar-refractivity contribution is 7.98. The summed E-state index contributed by atoms with van der Waals surface area (Å²) >= 11 is 1.67. The molecule has 0 aliphatic heterocycles. The van der Waals surface area contributed by atoms with Crippen molar-refractivity contribution in [2.45, 2.75) is 4.90 Å². The fraction of sp³-hybridized carbons (Fsp3) is 0.0714. The number of nitrogen functional groups attached to an aromatic ring is 1. The van der Waals surface area contributed by atoms with E-state index in [4.69, 9.17) is 11.5 Å². The van der Waals surface area contributed by atoms with E-state index in [1.807, 2.05) is 36.6 Å². The van der Waals surface area contributed by atoms with Crippen molar-refractivity contribution in [2.75, 3.05) is 17.3 Å². The van der Waals surface area contributed by atoms with Crippen LogP contribution in [0.3, 0.4) is 0 Å². The first-order valence-corrected chi connectivity index (χ1v) is 6.93. The molecule has 0 fully saturated rings. The third kappa shape index (κ3) is 3.20. The van der Waals surface area contributed by atoms with Crippen molar-refractivity contribution in [1.29, 1.82) is 0 Å². The van der Waals surface area contributed by atoms with Gasteiger partial charge in [-0.05, 0) is 42.7 Å². The molecule has 0 radical (unpaired) electrons. The first-order chi connectivity index (χ1) is 9.10. The van der Waals surface area contributed by atoms with Gasteiger partial charge in [0.15, 0.2) is 0 Å². The number of hydrogen-bond donors (Lipinski definition) is 3. The first-order valence-electron chi connectivity index (χ1n) is 5.70. The second-order valence-corrected chi connectivity index (χ2v) is 4.90. The molecule has 2 aromatic rings. The Morgan fingerprint density at radius 3 is 2.58 bits per heavy atom. The molecule has 0 spiro atoms. The maximum atomic E-state index is 11.2. The third-order valence-electron chi connectivity index (χ3n) is 2.68. The first kappa shape index (κ1) is 13.3. The average molecular weight is 273 g/mol. The van der Waals surface area contributed by atoms with Gasteiger partial charge in [-0.3, -0.25) is 4.79 Å². The van der Waals surface area contributed by atoms with Gasteiger partial charge in [-0.2, -0.15) is 0 Å². The SMILES string of the molecule is CSc1cccc(Nc2ccc(N)c(C(N)=O)c2)c1. The molecule has 0 heterocycles. The maximum Gasteiger partial charge on any atom is 0.250 e. The number of anilines is 3. The summed E-state index contributed by atoms with van der Waals surface area (Å²) in [5.41, 5.74) is 13.4. The van der Waals surface area contributed by atoms with Gasteiger partial charge in [-0.1, -0.05) is 6.07 Å². The summed E-state index contributed by atoms with van der Waals surface area (Å²) in [4.78, 5) is 12.4. The van der Waals surface area contributed by atoms with Crippen LogP contribution in [0.5, 0.6) is 0 Å². The van der Waals surface area contributed by atoms with Gasteiger partial charge in [-0.25, -0.2) is 0 Å². The minimum Gasteiger partial charge on any atom is -0.398 e. The summed E-state index contributed by atoms with van der Waals surface area (Å²) in [6.45, 7) is 0. The van der Waals surface area contributed by atoms with Crippen LogP contribution in [0, 0.1) is 0 Å². The predicted molar refractivity (Wildman–Crippen MR) is 80.9 cm³/mol. The molecule has 2 aromatic carbocycles. The lowest BCUT2D eigenvalue weighted by Crippen LogP contribution is -2.13. The van der Waals surface area contributed by atoms with E-state index in [2.05, 4.69) is 5.32 Å². The zero-order valence-electron chi connectivity index (χ0n) is 10.5. The largest absolute Gasteiger partial charge is 0.398 e. The molecular weight excluding hydrogens is 258 g/mol. The van der Waals surface area contributed by atoms with Gasteiger partial charge in [0.2, 0.25) is 0 Å². The van der Waals surface area contributed by atoms with Gasteiger partial charge in [0, 0.05) is 22.0 Å². The molecule has 1 amide bonds. The van der Waals surface area contributed by atoms with E-state index >= 15 is 0 Å². The summed E-state index contributed by atoms with van der Waals surface area (Å²) in [7, 11) is 0. The van der Waals surface area contributed by atoms with Gasteiger partial charge >= 0.3 is 0 Å². The number of carbonyl (C=O) groups is 1. The molecular formula is C14H15N3OS. The van der Waals surface area contributed by atoms with E-state index in [-0.39, 0.29) is 0 Å². The van der Waals surface area contributed by atoms with Crippen LogP contribution >= 0.6 is 11.8 Å². The van der Waals surface area contributed by atoms with E-state index in [1.54, 1.807) is 23.9 Å². The molecule has 5 heteroatoms. The van der Waals surface area contributed by atoms with Crippen molar-refractivity contribution < 1.29 is 4.79 Å². The molecule has 4 nitrogen and oxygen atoms in total. The second-order valence-electron chi connectivity index (χ2n) is 4.02.